The molecule has 0 aliphatic heterocycles. The van der Waals surface area contributed by atoms with Crippen LogP contribution in [0.5, 0.6) is 5.75 Å². The molecule has 0 aliphatic carbocycles. The van der Waals surface area contributed by atoms with Crippen molar-refractivity contribution in [3.05, 3.63) is 43.0 Å². The predicted octanol–water partition coefficient (Wildman–Crippen LogP) is 1.14. The number of hydrogen-bond acceptors (Lipinski definition) is 7. The summed E-state index contributed by atoms with van der Waals surface area (Å²) in [5, 5.41) is 30.6. The van der Waals surface area contributed by atoms with Gasteiger partial charge in [-0.15, -0.1) is 0 Å². The molecule has 0 fully saturated rings. The Morgan fingerprint density at radius 3 is 2.70 bits per heavy atom. The molecule has 0 spiro atoms. The molecule has 1 atom stereocenters. The van der Waals surface area contributed by atoms with Crippen molar-refractivity contribution in [2.45, 2.75) is 12.6 Å². The van der Waals surface area contributed by atoms with Crippen molar-refractivity contribution >= 4 is 11.4 Å². The van der Waals surface area contributed by atoms with Gasteiger partial charge < -0.3 is 14.4 Å². The Morgan fingerprint density at radius 1 is 1.35 bits per heavy atom. The van der Waals surface area contributed by atoms with Gasteiger partial charge in [0.05, 0.1) is 18.6 Å². The number of nitrogens with one attached hydrogen (secondary N) is 1. The fourth-order valence-corrected chi connectivity index (χ4v) is 1.70. The van der Waals surface area contributed by atoms with Crippen molar-refractivity contribution in [1.82, 2.24) is 9.55 Å². The van der Waals surface area contributed by atoms with Gasteiger partial charge in [0.15, 0.2) is 0 Å². The van der Waals surface area contributed by atoms with E-state index in [1.165, 1.54) is 0 Å². The molecule has 2 rings (SSSR count). The minimum absolute atomic E-state index is 0.149. The topological polar surface area (TPSA) is 119 Å². The van der Waals surface area contributed by atoms with E-state index in [-0.39, 0.29) is 12.3 Å². The summed E-state index contributed by atoms with van der Waals surface area (Å²) in [6.07, 6.45) is 4.38. The fourth-order valence-electron chi connectivity index (χ4n) is 1.70. The van der Waals surface area contributed by atoms with E-state index in [1.54, 1.807) is 59.7 Å². The lowest BCUT2D eigenvalue weighted by molar-refractivity contribution is 0.0925. The van der Waals surface area contributed by atoms with Crippen molar-refractivity contribution in [1.29, 1.82) is 10.5 Å². The van der Waals surface area contributed by atoms with E-state index < -0.39 is 6.10 Å². The number of aromatic nitrogens is 2. The predicted molar refractivity (Wildman–Crippen MR) is 82.5 cm³/mol. The zero-order valence-electron chi connectivity index (χ0n) is 12.1. The number of nitrogens with zero attached hydrogens (tertiary/aromatic N) is 5. The Balaban J connectivity index is 1.82. The molecule has 1 heterocycles. The molecule has 0 saturated carbocycles. The number of benzene rings is 1. The maximum absolute atomic E-state index is 9.87. The monoisotopic (exact) mass is 310 g/mol. The second-order valence-electron chi connectivity index (χ2n) is 4.54. The highest BCUT2D eigenvalue weighted by molar-refractivity contribution is 6.10. The third-order valence-electron chi connectivity index (χ3n) is 2.79. The van der Waals surface area contributed by atoms with Gasteiger partial charge in [-0.05, 0) is 24.3 Å². The third kappa shape index (κ3) is 5.16. The van der Waals surface area contributed by atoms with Crippen LogP contribution in [0.3, 0.4) is 0 Å². The van der Waals surface area contributed by atoms with Crippen LogP contribution in [0.1, 0.15) is 0 Å². The summed E-state index contributed by atoms with van der Waals surface area (Å²) in [6.45, 7) is 0.551. The van der Waals surface area contributed by atoms with E-state index in [0.717, 1.165) is 0 Å². The van der Waals surface area contributed by atoms with E-state index in [9.17, 15) is 5.11 Å². The summed E-state index contributed by atoms with van der Waals surface area (Å²) in [5.74, 6) is 0.588. The van der Waals surface area contributed by atoms with Crippen LogP contribution in [0.2, 0.25) is 0 Å². The van der Waals surface area contributed by atoms with Crippen LogP contribution >= 0.6 is 0 Å². The largest absolute Gasteiger partial charge is 0.491 e. The Hall–Kier alpha value is -3.36. The molecule has 23 heavy (non-hydrogen) atoms. The van der Waals surface area contributed by atoms with Gasteiger partial charge in [-0.25, -0.2) is 4.98 Å². The van der Waals surface area contributed by atoms with E-state index >= 15 is 0 Å². The second-order valence-corrected chi connectivity index (χ2v) is 4.54. The molecule has 2 N–H and O–H groups in total. The minimum Gasteiger partial charge on any atom is -0.491 e. The van der Waals surface area contributed by atoms with E-state index in [0.29, 0.717) is 18.0 Å². The van der Waals surface area contributed by atoms with Gasteiger partial charge in [-0.2, -0.15) is 15.6 Å². The maximum atomic E-state index is 9.87. The number of aliphatic hydroxyl groups excluding tert-OH is 1. The van der Waals surface area contributed by atoms with Crippen LogP contribution in [0.4, 0.5) is 5.69 Å². The number of rotatable bonds is 7. The highest BCUT2D eigenvalue weighted by Crippen LogP contribution is 2.16. The van der Waals surface area contributed by atoms with Gasteiger partial charge in [0.1, 0.15) is 30.6 Å². The highest BCUT2D eigenvalue weighted by Gasteiger charge is 2.06. The first-order valence-electron chi connectivity index (χ1n) is 6.72. The quantitative estimate of drug-likeness (QED) is 0.584. The molecule has 0 amide bonds. The standard InChI is InChI=1S/C15H14N6O2/c16-7-13(8-17)20-19-12-1-3-15(4-2-12)23-10-14(22)9-21-6-5-18-11-21/h1-6,11,14,19,22H,9-10H2. The van der Waals surface area contributed by atoms with Crippen LogP contribution in [-0.2, 0) is 6.54 Å². The first-order valence-corrected chi connectivity index (χ1v) is 6.72. The van der Waals surface area contributed by atoms with Crippen molar-refractivity contribution in [2.75, 3.05) is 12.0 Å². The van der Waals surface area contributed by atoms with Crippen LogP contribution < -0.4 is 10.2 Å². The Morgan fingerprint density at radius 2 is 2.09 bits per heavy atom. The Labute approximate surface area is 132 Å². The number of anilines is 1. The fraction of sp³-hybridized carbons (Fsp3) is 0.200. The van der Waals surface area contributed by atoms with Crippen LogP contribution in [0.15, 0.2) is 48.1 Å². The average molecular weight is 310 g/mol. The molecule has 8 nitrogen and oxygen atoms in total. The summed E-state index contributed by atoms with van der Waals surface area (Å²) >= 11 is 0. The van der Waals surface area contributed by atoms with Crippen molar-refractivity contribution < 1.29 is 9.84 Å². The van der Waals surface area contributed by atoms with Crippen molar-refractivity contribution in [3.8, 4) is 17.9 Å². The minimum atomic E-state index is -0.652. The van der Waals surface area contributed by atoms with Gasteiger partial charge in [0, 0.05) is 12.4 Å². The smallest absolute Gasteiger partial charge is 0.237 e. The summed E-state index contributed by atoms with van der Waals surface area (Å²) in [5.41, 5.74) is 2.95. The normalized spacial score (nSPS) is 10.9. The molecule has 0 saturated heterocycles. The number of nitriles is 2. The Kier molecular flexibility index (Phi) is 5.69. The summed E-state index contributed by atoms with van der Waals surface area (Å²) in [6, 6.07) is 10.1. The number of hydrazone groups is 1. The average Bonchev–Trinajstić information content (AvgIpc) is 3.08. The van der Waals surface area contributed by atoms with Crippen LogP contribution in [-0.4, -0.2) is 33.1 Å². The van der Waals surface area contributed by atoms with Crippen LogP contribution in [0, 0.1) is 22.7 Å². The number of hydrogen-bond donors (Lipinski definition) is 2. The van der Waals surface area contributed by atoms with Gasteiger partial charge in [-0.3, -0.25) is 5.43 Å². The number of imidazole rings is 1. The summed E-state index contributed by atoms with van der Waals surface area (Å²) in [7, 11) is 0. The van der Waals surface area contributed by atoms with E-state index in [2.05, 4.69) is 15.5 Å². The molecule has 8 heteroatoms. The molecule has 0 radical (unpaired) electrons. The maximum Gasteiger partial charge on any atom is 0.237 e. The lowest BCUT2D eigenvalue weighted by atomic mass is 10.3. The molecule has 2 aromatic rings. The lowest BCUT2D eigenvalue weighted by Crippen LogP contribution is -2.22. The van der Waals surface area contributed by atoms with Gasteiger partial charge in [-0.1, -0.05) is 0 Å². The first kappa shape index (κ1) is 16.0. The number of ether oxygens (including phenoxy) is 1. The lowest BCUT2D eigenvalue weighted by Gasteiger charge is -2.13. The second kappa shape index (κ2) is 8.17. The molecular formula is C15H14N6O2. The molecule has 1 unspecified atom stereocenters. The van der Waals surface area contributed by atoms with Crippen molar-refractivity contribution in [2.24, 2.45) is 5.10 Å². The van der Waals surface area contributed by atoms with Gasteiger partial charge in [0.25, 0.3) is 0 Å². The van der Waals surface area contributed by atoms with E-state index in [1.807, 2.05) is 0 Å². The SMILES string of the molecule is N#CC(C#N)=NNc1ccc(OCC(O)Cn2ccnc2)cc1. The summed E-state index contributed by atoms with van der Waals surface area (Å²) in [4.78, 5) is 3.90. The van der Waals surface area contributed by atoms with E-state index in [4.69, 9.17) is 15.3 Å². The first-order chi connectivity index (χ1) is 11.2. The summed E-state index contributed by atoms with van der Waals surface area (Å²) < 4.78 is 7.25. The molecule has 1 aromatic carbocycles. The third-order valence-corrected chi connectivity index (χ3v) is 2.79. The van der Waals surface area contributed by atoms with Gasteiger partial charge in [0.2, 0.25) is 5.71 Å². The molecule has 0 aliphatic rings. The van der Waals surface area contributed by atoms with Crippen molar-refractivity contribution in [3.63, 3.8) is 0 Å². The Bertz CT molecular complexity index is 709. The molecule has 0 bridgehead atoms. The zero-order chi connectivity index (χ0) is 16.5. The highest BCUT2D eigenvalue weighted by atomic mass is 16.5. The number of aliphatic hydroxyl groups is 1. The molecule has 1 aromatic heterocycles. The molecular weight excluding hydrogens is 296 g/mol. The zero-order valence-corrected chi connectivity index (χ0v) is 12.1. The van der Waals surface area contributed by atoms with Gasteiger partial charge >= 0.3 is 0 Å². The molecule has 116 valence electrons. The van der Waals surface area contributed by atoms with Crippen LogP contribution in [0.25, 0.3) is 0 Å².